The van der Waals surface area contributed by atoms with E-state index < -0.39 is 30.3 Å². The molecule has 0 saturated heterocycles. The number of hydrogen-bond acceptors (Lipinski definition) is 5. The number of carboxylic acids is 2. The highest BCUT2D eigenvalue weighted by atomic mass is 32.1. The predicted molar refractivity (Wildman–Crippen MR) is 62.0 cm³/mol. The SMILES string of the molecule is COc1ccsc1C(=O)N[C@H](CC(=O)O)C(=O)O. The summed E-state index contributed by atoms with van der Waals surface area (Å²) in [6.07, 6.45) is -0.686. The molecule has 0 aromatic carbocycles. The Labute approximate surface area is 106 Å². The van der Waals surface area contributed by atoms with Gasteiger partial charge in [0, 0.05) is 0 Å². The van der Waals surface area contributed by atoms with E-state index in [1.165, 1.54) is 7.11 Å². The van der Waals surface area contributed by atoms with Gasteiger partial charge in [-0.3, -0.25) is 9.59 Å². The number of hydrogen-bond donors (Lipinski definition) is 3. The van der Waals surface area contributed by atoms with Crippen LogP contribution in [0.1, 0.15) is 16.1 Å². The molecule has 98 valence electrons. The summed E-state index contributed by atoms with van der Waals surface area (Å²) in [4.78, 5) is 33.2. The first-order valence-corrected chi connectivity index (χ1v) is 5.70. The summed E-state index contributed by atoms with van der Waals surface area (Å²) in [5, 5.41) is 21.1. The first-order valence-electron chi connectivity index (χ1n) is 4.82. The van der Waals surface area contributed by atoms with Crippen molar-refractivity contribution in [1.82, 2.24) is 5.32 Å². The van der Waals surface area contributed by atoms with Gasteiger partial charge in [-0.15, -0.1) is 11.3 Å². The van der Waals surface area contributed by atoms with E-state index in [1.807, 2.05) is 0 Å². The second-order valence-electron chi connectivity index (χ2n) is 3.28. The summed E-state index contributed by atoms with van der Waals surface area (Å²) in [7, 11) is 1.38. The second kappa shape index (κ2) is 6.01. The smallest absolute Gasteiger partial charge is 0.326 e. The summed E-state index contributed by atoms with van der Waals surface area (Å²) >= 11 is 1.08. The number of ether oxygens (including phenoxy) is 1. The molecule has 0 radical (unpaired) electrons. The molecule has 7 nitrogen and oxygen atoms in total. The number of rotatable bonds is 6. The maximum atomic E-state index is 11.7. The van der Waals surface area contributed by atoms with Crippen LogP contribution in [-0.2, 0) is 9.59 Å². The molecule has 1 heterocycles. The molecule has 0 aliphatic heterocycles. The number of carbonyl (C=O) groups excluding carboxylic acids is 1. The van der Waals surface area contributed by atoms with Gasteiger partial charge >= 0.3 is 11.9 Å². The molecule has 0 spiro atoms. The maximum Gasteiger partial charge on any atom is 0.326 e. The van der Waals surface area contributed by atoms with E-state index in [9.17, 15) is 14.4 Å². The highest BCUT2D eigenvalue weighted by Gasteiger charge is 2.25. The molecule has 0 fully saturated rings. The minimum absolute atomic E-state index is 0.203. The maximum absolute atomic E-state index is 11.7. The van der Waals surface area contributed by atoms with E-state index in [2.05, 4.69) is 5.32 Å². The van der Waals surface area contributed by atoms with Crippen molar-refractivity contribution < 1.29 is 29.3 Å². The van der Waals surface area contributed by atoms with E-state index in [0.717, 1.165) is 11.3 Å². The van der Waals surface area contributed by atoms with E-state index >= 15 is 0 Å². The molecule has 0 aliphatic rings. The van der Waals surface area contributed by atoms with Gasteiger partial charge in [0.2, 0.25) is 0 Å². The number of amides is 1. The first-order chi connectivity index (χ1) is 8.45. The Morgan fingerprint density at radius 1 is 1.44 bits per heavy atom. The van der Waals surface area contributed by atoms with Gasteiger partial charge in [-0.25, -0.2) is 4.79 Å². The third-order valence-electron chi connectivity index (χ3n) is 2.04. The Kier molecular flexibility index (Phi) is 4.67. The highest BCUT2D eigenvalue weighted by molar-refractivity contribution is 7.12. The molecule has 0 aliphatic carbocycles. The summed E-state index contributed by atoms with van der Waals surface area (Å²) in [6.45, 7) is 0. The van der Waals surface area contributed by atoms with E-state index in [0.29, 0.717) is 5.75 Å². The molecule has 3 N–H and O–H groups in total. The van der Waals surface area contributed by atoms with Gasteiger partial charge in [0.1, 0.15) is 16.7 Å². The number of carbonyl (C=O) groups is 3. The summed E-state index contributed by atoms with van der Waals surface area (Å²) in [5.74, 6) is -3.06. The zero-order valence-corrected chi connectivity index (χ0v) is 10.2. The van der Waals surface area contributed by atoms with Crippen molar-refractivity contribution in [1.29, 1.82) is 0 Å². The minimum atomic E-state index is -1.47. The van der Waals surface area contributed by atoms with Crippen LogP contribution in [0.4, 0.5) is 0 Å². The Balaban J connectivity index is 2.78. The molecule has 1 aromatic rings. The standard InChI is InChI=1S/C10H11NO6S/c1-17-6-2-3-18-8(6)9(14)11-5(10(15)16)4-7(12)13/h2-3,5H,4H2,1H3,(H,11,14)(H,12,13)(H,15,16)/t5-/m1/s1. The lowest BCUT2D eigenvalue weighted by Crippen LogP contribution is -2.42. The van der Waals surface area contributed by atoms with Crippen molar-refractivity contribution in [3.05, 3.63) is 16.3 Å². The van der Waals surface area contributed by atoms with Crippen molar-refractivity contribution >= 4 is 29.2 Å². The molecule has 1 amide bonds. The summed E-state index contributed by atoms with van der Waals surface area (Å²) in [5.41, 5.74) is 0. The molecule has 18 heavy (non-hydrogen) atoms. The zero-order valence-electron chi connectivity index (χ0n) is 9.37. The van der Waals surface area contributed by atoms with Gasteiger partial charge in [0.25, 0.3) is 5.91 Å². The molecule has 1 aromatic heterocycles. The third kappa shape index (κ3) is 3.45. The lowest BCUT2D eigenvalue weighted by Gasteiger charge is -2.12. The van der Waals surface area contributed by atoms with Gasteiger partial charge in [0.15, 0.2) is 0 Å². The molecule has 0 saturated carbocycles. The van der Waals surface area contributed by atoms with Gasteiger partial charge in [-0.05, 0) is 11.4 Å². The van der Waals surface area contributed by atoms with Gasteiger partial charge in [-0.2, -0.15) is 0 Å². The second-order valence-corrected chi connectivity index (χ2v) is 4.20. The normalized spacial score (nSPS) is 11.6. The van der Waals surface area contributed by atoms with Crippen LogP contribution in [0.5, 0.6) is 5.75 Å². The lowest BCUT2D eigenvalue weighted by atomic mass is 10.2. The predicted octanol–water partition coefficient (Wildman–Crippen LogP) is 0.414. The first kappa shape index (κ1) is 14.0. The van der Waals surface area contributed by atoms with Crippen molar-refractivity contribution in [2.24, 2.45) is 0 Å². The summed E-state index contributed by atoms with van der Waals surface area (Å²) in [6, 6.07) is 0.0915. The van der Waals surface area contributed by atoms with Gasteiger partial charge < -0.3 is 20.3 Å². The Bertz CT molecular complexity index is 469. The molecule has 0 unspecified atom stereocenters. The zero-order chi connectivity index (χ0) is 13.7. The largest absolute Gasteiger partial charge is 0.495 e. The topological polar surface area (TPSA) is 113 Å². The van der Waals surface area contributed by atoms with E-state index in [1.54, 1.807) is 11.4 Å². The van der Waals surface area contributed by atoms with E-state index in [4.69, 9.17) is 14.9 Å². The quantitative estimate of drug-likeness (QED) is 0.692. The van der Waals surface area contributed by atoms with Crippen LogP contribution in [0.15, 0.2) is 11.4 Å². The molecular formula is C10H11NO6S. The average Bonchev–Trinajstić information content (AvgIpc) is 2.75. The molecule has 0 bridgehead atoms. The fraction of sp³-hybridized carbons (Fsp3) is 0.300. The summed E-state index contributed by atoms with van der Waals surface area (Å²) < 4.78 is 4.92. The van der Waals surface area contributed by atoms with Crippen LogP contribution in [0, 0.1) is 0 Å². The fourth-order valence-electron chi connectivity index (χ4n) is 1.22. The number of thiophene rings is 1. The van der Waals surface area contributed by atoms with Crippen molar-refractivity contribution in [2.75, 3.05) is 7.11 Å². The highest BCUT2D eigenvalue weighted by Crippen LogP contribution is 2.24. The number of nitrogens with one attached hydrogen (secondary N) is 1. The number of carboxylic acid groups (broad SMARTS) is 2. The fourth-order valence-corrected chi connectivity index (χ4v) is 1.98. The van der Waals surface area contributed by atoms with Crippen LogP contribution in [0.3, 0.4) is 0 Å². The number of methoxy groups -OCH3 is 1. The Hall–Kier alpha value is -2.09. The third-order valence-corrected chi connectivity index (χ3v) is 2.93. The molecular weight excluding hydrogens is 262 g/mol. The Morgan fingerprint density at radius 3 is 2.61 bits per heavy atom. The molecule has 8 heteroatoms. The monoisotopic (exact) mass is 273 g/mol. The van der Waals surface area contributed by atoms with Crippen molar-refractivity contribution in [3.63, 3.8) is 0 Å². The van der Waals surface area contributed by atoms with Crippen molar-refractivity contribution in [3.8, 4) is 5.75 Å². The van der Waals surface area contributed by atoms with Gasteiger partial charge in [0.05, 0.1) is 13.5 Å². The van der Waals surface area contributed by atoms with Crippen LogP contribution in [0.25, 0.3) is 0 Å². The minimum Gasteiger partial charge on any atom is -0.495 e. The van der Waals surface area contributed by atoms with E-state index in [-0.39, 0.29) is 4.88 Å². The van der Waals surface area contributed by atoms with Crippen molar-refractivity contribution in [2.45, 2.75) is 12.5 Å². The van der Waals surface area contributed by atoms with Gasteiger partial charge in [-0.1, -0.05) is 0 Å². The van der Waals surface area contributed by atoms with Crippen LogP contribution < -0.4 is 10.1 Å². The average molecular weight is 273 g/mol. The lowest BCUT2D eigenvalue weighted by molar-refractivity contribution is -0.145. The number of aliphatic carboxylic acids is 2. The molecule has 1 rings (SSSR count). The van der Waals surface area contributed by atoms with Crippen LogP contribution in [-0.4, -0.2) is 41.2 Å². The van der Waals surface area contributed by atoms with Crippen LogP contribution >= 0.6 is 11.3 Å². The Morgan fingerprint density at radius 2 is 2.11 bits per heavy atom. The van der Waals surface area contributed by atoms with Crippen LogP contribution in [0.2, 0.25) is 0 Å². The molecule has 1 atom stereocenters.